The maximum absolute atomic E-state index is 11.4. The molecule has 0 saturated heterocycles. The summed E-state index contributed by atoms with van der Waals surface area (Å²) in [6.45, 7) is 1.86. The third-order valence-electron chi connectivity index (χ3n) is 2.66. The molecule has 94 valence electrons. The zero-order chi connectivity index (χ0) is 13.0. The van der Waals surface area contributed by atoms with Crippen molar-refractivity contribution >= 4 is 16.8 Å². The number of aromatic nitrogens is 1. The molecule has 2 aromatic rings. The van der Waals surface area contributed by atoms with Gasteiger partial charge >= 0.3 is 0 Å². The van der Waals surface area contributed by atoms with Crippen molar-refractivity contribution in [3.63, 3.8) is 0 Å². The van der Waals surface area contributed by atoms with Crippen LogP contribution < -0.4 is 16.0 Å². The van der Waals surface area contributed by atoms with Crippen molar-refractivity contribution in [3.8, 4) is 5.75 Å². The molecule has 18 heavy (non-hydrogen) atoms. The molecule has 1 aromatic carbocycles. The summed E-state index contributed by atoms with van der Waals surface area (Å²) in [4.78, 5) is 15.7. The molecule has 1 heterocycles. The minimum Gasteiger partial charge on any atom is -0.480 e. The van der Waals surface area contributed by atoms with Gasteiger partial charge in [-0.2, -0.15) is 0 Å². The Balaban J connectivity index is 2.23. The van der Waals surface area contributed by atoms with Gasteiger partial charge < -0.3 is 4.74 Å². The minimum atomic E-state index is -0.587. The van der Waals surface area contributed by atoms with E-state index in [1.54, 1.807) is 6.20 Å². The van der Waals surface area contributed by atoms with Gasteiger partial charge in [-0.05, 0) is 24.6 Å². The van der Waals surface area contributed by atoms with E-state index in [2.05, 4.69) is 10.4 Å². The summed E-state index contributed by atoms with van der Waals surface area (Å²) in [6.07, 6.45) is 1.68. The number of fused-ring (bicyclic) bond motifs is 1. The number of nitrogens with zero attached hydrogens (tertiary/aromatic N) is 1. The number of hydrogen-bond acceptors (Lipinski definition) is 4. The lowest BCUT2D eigenvalue weighted by molar-refractivity contribution is -0.128. The van der Waals surface area contributed by atoms with Crippen LogP contribution in [0, 0.1) is 0 Å². The van der Waals surface area contributed by atoms with Crippen molar-refractivity contribution in [1.82, 2.24) is 10.4 Å². The number of rotatable bonds is 4. The first-order valence-electron chi connectivity index (χ1n) is 5.76. The lowest BCUT2D eigenvalue weighted by Crippen LogP contribution is -2.41. The summed E-state index contributed by atoms with van der Waals surface area (Å²) < 4.78 is 5.59. The Morgan fingerprint density at radius 1 is 1.50 bits per heavy atom. The van der Waals surface area contributed by atoms with Crippen LogP contribution in [0.1, 0.15) is 13.3 Å². The van der Waals surface area contributed by atoms with Gasteiger partial charge in [0.15, 0.2) is 6.10 Å². The molecule has 0 spiro atoms. The summed E-state index contributed by atoms with van der Waals surface area (Å²) in [5.74, 6) is 5.37. The number of carbonyl (C=O) groups is 1. The molecular weight excluding hydrogens is 230 g/mol. The molecule has 5 heteroatoms. The summed E-state index contributed by atoms with van der Waals surface area (Å²) in [7, 11) is 0. The topological polar surface area (TPSA) is 77.2 Å². The monoisotopic (exact) mass is 245 g/mol. The van der Waals surface area contributed by atoms with E-state index >= 15 is 0 Å². The maximum Gasteiger partial charge on any atom is 0.274 e. The fourth-order valence-electron chi connectivity index (χ4n) is 1.70. The molecule has 0 radical (unpaired) electrons. The predicted molar refractivity (Wildman–Crippen MR) is 68.8 cm³/mol. The Morgan fingerprint density at radius 2 is 2.33 bits per heavy atom. The first-order chi connectivity index (χ1) is 8.74. The van der Waals surface area contributed by atoms with Crippen LogP contribution in [0.5, 0.6) is 5.75 Å². The molecular formula is C13H15N3O2. The normalized spacial score (nSPS) is 12.1. The van der Waals surface area contributed by atoms with Crippen molar-refractivity contribution in [2.24, 2.45) is 5.84 Å². The molecule has 3 N–H and O–H groups in total. The first-order valence-corrected chi connectivity index (χ1v) is 5.76. The molecule has 1 aromatic heterocycles. The van der Waals surface area contributed by atoms with Crippen molar-refractivity contribution in [2.45, 2.75) is 19.4 Å². The molecule has 5 nitrogen and oxygen atoms in total. The fourth-order valence-corrected chi connectivity index (χ4v) is 1.70. The van der Waals surface area contributed by atoms with Gasteiger partial charge in [-0.15, -0.1) is 0 Å². The van der Waals surface area contributed by atoms with E-state index in [-0.39, 0.29) is 5.91 Å². The van der Waals surface area contributed by atoms with E-state index in [0.29, 0.717) is 12.2 Å². The van der Waals surface area contributed by atoms with Crippen LogP contribution in [0.25, 0.3) is 10.9 Å². The average molecular weight is 245 g/mol. The lowest BCUT2D eigenvalue weighted by Gasteiger charge is -2.15. The number of amides is 1. The van der Waals surface area contributed by atoms with Crippen LogP contribution in [0.15, 0.2) is 36.5 Å². The predicted octanol–water partition coefficient (Wildman–Crippen LogP) is 1.38. The summed E-state index contributed by atoms with van der Waals surface area (Å²) >= 11 is 0. The number of ether oxygens (including phenoxy) is 1. The number of pyridine rings is 1. The highest BCUT2D eigenvalue weighted by Crippen LogP contribution is 2.20. The molecule has 1 atom stereocenters. The number of hydrogen-bond donors (Lipinski definition) is 2. The van der Waals surface area contributed by atoms with Gasteiger partial charge in [0.05, 0.1) is 5.52 Å². The molecule has 0 saturated carbocycles. The highest BCUT2D eigenvalue weighted by atomic mass is 16.5. The van der Waals surface area contributed by atoms with Crippen LogP contribution in [-0.4, -0.2) is 17.0 Å². The highest BCUT2D eigenvalue weighted by molar-refractivity contribution is 5.81. The smallest absolute Gasteiger partial charge is 0.274 e. The van der Waals surface area contributed by atoms with Gasteiger partial charge in [0.2, 0.25) is 0 Å². The Hall–Kier alpha value is -2.14. The Morgan fingerprint density at radius 3 is 3.06 bits per heavy atom. The molecule has 1 amide bonds. The van der Waals surface area contributed by atoms with E-state index in [0.717, 1.165) is 10.9 Å². The highest BCUT2D eigenvalue weighted by Gasteiger charge is 2.17. The van der Waals surface area contributed by atoms with E-state index in [1.807, 2.05) is 37.3 Å². The van der Waals surface area contributed by atoms with Crippen molar-refractivity contribution in [3.05, 3.63) is 36.5 Å². The quantitative estimate of drug-likeness (QED) is 0.484. The van der Waals surface area contributed by atoms with Crippen LogP contribution in [0.3, 0.4) is 0 Å². The number of nitrogens with one attached hydrogen (secondary N) is 1. The molecule has 0 aliphatic rings. The van der Waals surface area contributed by atoms with Gasteiger partial charge in [0, 0.05) is 17.6 Å². The second-order valence-corrected chi connectivity index (χ2v) is 3.88. The molecule has 0 aliphatic carbocycles. The van der Waals surface area contributed by atoms with Crippen molar-refractivity contribution in [2.75, 3.05) is 0 Å². The first kappa shape index (κ1) is 12.3. The molecule has 1 unspecified atom stereocenters. The van der Waals surface area contributed by atoms with Crippen LogP contribution in [0.4, 0.5) is 0 Å². The molecule has 0 bridgehead atoms. The summed E-state index contributed by atoms with van der Waals surface area (Å²) in [5.41, 5.74) is 2.93. The van der Waals surface area contributed by atoms with Gasteiger partial charge in [0.25, 0.3) is 5.91 Å². The number of nitrogens with two attached hydrogens (primary N) is 1. The van der Waals surface area contributed by atoms with E-state index < -0.39 is 6.10 Å². The Kier molecular flexibility index (Phi) is 3.74. The molecule has 2 rings (SSSR count). The maximum atomic E-state index is 11.4. The van der Waals surface area contributed by atoms with Crippen LogP contribution in [0.2, 0.25) is 0 Å². The standard InChI is InChI=1S/C13H15N3O2/c1-2-12(13(17)16-14)18-10-6-5-9-4-3-7-15-11(9)8-10/h3-8,12H,2,14H2,1H3,(H,16,17). The summed E-state index contributed by atoms with van der Waals surface area (Å²) in [5, 5.41) is 1.03. The number of hydrazine groups is 1. The fraction of sp³-hybridized carbons (Fsp3) is 0.231. The van der Waals surface area contributed by atoms with Crippen LogP contribution >= 0.6 is 0 Å². The van der Waals surface area contributed by atoms with Gasteiger partial charge in [0.1, 0.15) is 5.75 Å². The SMILES string of the molecule is CCC(Oc1ccc2cccnc2c1)C(=O)NN. The van der Waals surface area contributed by atoms with E-state index in [9.17, 15) is 4.79 Å². The lowest BCUT2D eigenvalue weighted by atomic mass is 10.2. The van der Waals surface area contributed by atoms with Crippen molar-refractivity contribution < 1.29 is 9.53 Å². The zero-order valence-corrected chi connectivity index (χ0v) is 10.1. The molecule has 0 fully saturated rings. The largest absolute Gasteiger partial charge is 0.480 e. The van der Waals surface area contributed by atoms with Gasteiger partial charge in [-0.1, -0.05) is 13.0 Å². The van der Waals surface area contributed by atoms with Crippen LogP contribution in [-0.2, 0) is 4.79 Å². The second kappa shape index (κ2) is 5.46. The zero-order valence-electron chi connectivity index (χ0n) is 10.1. The molecule has 0 aliphatic heterocycles. The Bertz CT molecular complexity index is 557. The van der Waals surface area contributed by atoms with E-state index in [1.165, 1.54) is 0 Å². The average Bonchev–Trinajstić information content (AvgIpc) is 2.43. The van der Waals surface area contributed by atoms with E-state index in [4.69, 9.17) is 10.6 Å². The second-order valence-electron chi connectivity index (χ2n) is 3.88. The third-order valence-corrected chi connectivity index (χ3v) is 2.66. The summed E-state index contributed by atoms with van der Waals surface area (Å²) in [6, 6.07) is 9.37. The van der Waals surface area contributed by atoms with Gasteiger partial charge in [-0.3, -0.25) is 15.2 Å². The van der Waals surface area contributed by atoms with Gasteiger partial charge in [-0.25, -0.2) is 5.84 Å². The third kappa shape index (κ3) is 2.57. The number of benzene rings is 1. The minimum absolute atomic E-state index is 0.335. The Labute approximate surface area is 105 Å². The number of carbonyl (C=O) groups excluding carboxylic acids is 1. The van der Waals surface area contributed by atoms with Crippen molar-refractivity contribution in [1.29, 1.82) is 0 Å².